The van der Waals surface area contributed by atoms with Crippen molar-refractivity contribution < 1.29 is 38.1 Å². The van der Waals surface area contributed by atoms with E-state index in [-0.39, 0.29) is 48.3 Å². The summed E-state index contributed by atoms with van der Waals surface area (Å²) in [5.74, 6) is 0.0899. The van der Waals surface area contributed by atoms with Crippen LogP contribution in [0, 0.1) is 11.8 Å². The Morgan fingerprint density at radius 2 is 1.74 bits per heavy atom. The van der Waals surface area contributed by atoms with Crippen LogP contribution in [0.4, 0.5) is 9.59 Å². The van der Waals surface area contributed by atoms with Gasteiger partial charge in [0, 0.05) is 32.5 Å². The number of ether oxygens (including phenoxy) is 5. The van der Waals surface area contributed by atoms with Crippen molar-refractivity contribution in [3.8, 4) is 0 Å². The molecule has 0 bridgehead atoms. The Labute approximate surface area is 251 Å². The number of nitrogens with one attached hydrogen (secondary N) is 3. The summed E-state index contributed by atoms with van der Waals surface area (Å²) in [4.78, 5) is 36.4. The van der Waals surface area contributed by atoms with Gasteiger partial charge in [0.2, 0.25) is 5.91 Å². The number of rotatable bonds is 17. The number of amides is 3. The summed E-state index contributed by atoms with van der Waals surface area (Å²) in [6.45, 7) is 11.8. The number of hydrogen-bond donors (Lipinski definition) is 3. The maximum absolute atomic E-state index is 13.0. The Hall–Kier alpha value is -2.37. The normalized spacial score (nSPS) is 28.5. The minimum atomic E-state index is -0.552. The standard InChI is InChI=1S/C31H53N3O8/c1-7-25(35)32-16-10-8-9-11-17-33-29(36)39-18-22(21(4)5)34-30(37)42-24-14-15-31(19-40-31)26(27(24)38-6)28-23(41-28)13-12-20(2)3/h12,21-24,26-28H,7-11,13-19H2,1-6H3,(H,32,35)(H,33,36)(H,34,37)/t22-,23+,24?,26?,27?,28?,31?/m0/s1. The van der Waals surface area contributed by atoms with E-state index in [2.05, 4.69) is 35.9 Å². The van der Waals surface area contributed by atoms with E-state index in [1.807, 2.05) is 20.8 Å². The molecule has 3 amide bonds. The molecule has 3 rings (SSSR count). The molecule has 2 heterocycles. The predicted octanol–water partition coefficient (Wildman–Crippen LogP) is 4.24. The van der Waals surface area contributed by atoms with E-state index < -0.39 is 24.3 Å². The highest BCUT2D eigenvalue weighted by atomic mass is 16.6. The number of carbonyl (C=O) groups is 3. The second-order valence-corrected chi connectivity index (χ2v) is 12.4. The Balaban J connectivity index is 1.39. The Morgan fingerprint density at radius 3 is 2.33 bits per heavy atom. The largest absolute Gasteiger partial charge is 0.447 e. The van der Waals surface area contributed by atoms with Gasteiger partial charge in [-0.3, -0.25) is 4.79 Å². The van der Waals surface area contributed by atoms with E-state index in [4.69, 9.17) is 23.7 Å². The van der Waals surface area contributed by atoms with Crippen molar-refractivity contribution in [1.82, 2.24) is 16.0 Å². The molecule has 2 saturated heterocycles. The molecular formula is C31H53N3O8. The minimum absolute atomic E-state index is 0.000497. The first kappa shape index (κ1) is 34.1. The molecule has 5 unspecified atom stereocenters. The average Bonchev–Trinajstić information content (AvgIpc) is 3.89. The van der Waals surface area contributed by atoms with Gasteiger partial charge in [0.15, 0.2) is 0 Å². The first-order chi connectivity index (χ1) is 20.1. The monoisotopic (exact) mass is 595 g/mol. The molecule has 11 nitrogen and oxygen atoms in total. The molecule has 3 aliphatic rings. The number of hydrogen-bond acceptors (Lipinski definition) is 8. The van der Waals surface area contributed by atoms with Gasteiger partial charge in [0.25, 0.3) is 0 Å². The highest BCUT2D eigenvalue weighted by Gasteiger charge is 2.66. The molecule has 0 aromatic rings. The summed E-state index contributed by atoms with van der Waals surface area (Å²) in [6, 6.07) is -0.403. The maximum atomic E-state index is 13.0. The van der Waals surface area contributed by atoms with Crippen molar-refractivity contribution in [1.29, 1.82) is 0 Å². The van der Waals surface area contributed by atoms with Crippen LogP contribution in [0.1, 0.15) is 86.0 Å². The summed E-state index contributed by atoms with van der Waals surface area (Å²) in [7, 11) is 1.65. The molecular weight excluding hydrogens is 542 g/mol. The smallest absolute Gasteiger partial charge is 0.407 e. The molecule has 1 aliphatic carbocycles. The van der Waals surface area contributed by atoms with Gasteiger partial charge in [-0.2, -0.15) is 0 Å². The zero-order valence-electron chi connectivity index (χ0n) is 26.4. The van der Waals surface area contributed by atoms with Gasteiger partial charge in [0.1, 0.15) is 18.8 Å². The van der Waals surface area contributed by atoms with Crippen LogP contribution in [0.3, 0.4) is 0 Å². The van der Waals surface area contributed by atoms with Crippen molar-refractivity contribution in [2.45, 2.75) is 122 Å². The summed E-state index contributed by atoms with van der Waals surface area (Å²) < 4.78 is 29.2. The van der Waals surface area contributed by atoms with Gasteiger partial charge >= 0.3 is 12.2 Å². The molecule has 1 saturated carbocycles. The van der Waals surface area contributed by atoms with Crippen LogP contribution in [0.15, 0.2) is 11.6 Å². The number of carbonyl (C=O) groups excluding carboxylic acids is 3. The zero-order chi connectivity index (χ0) is 30.7. The van der Waals surface area contributed by atoms with Crippen molar-refractivity contribution in [2.24, 2.45) is 11.8 Å². The molecule has 42 heavy (non-hydrogen) atoms. The van der Waals surface area contributed by atoms with Gasteiger partial charge in [-0.1, -0.05) is 45.3 Å². The maximum Gasteiger partial charge on any atom is 0.407 e. The van der Waals surface area contributed by atoms with Crippen LogP contribution in [-0.2, 0) is 28.5 Å². The number of alkyl carbamates (subject to hydrolysis) is 2. The van der Waals surface area contributed by atoms with Gasteiger partial charge < -0.3 is 39.6 Å². The second-order valence-electron chi connectivity index (χ2n) is 12.4. The molecule has 240 valence electrons. The third-order valence-corrected chi connectivity index (χ3v) is 8.48. The number of unbranched alkanes of at least 4 members (excludes halogenated alkanes) is 3. The lowest BCUT2D eigenvalue weighted by molar-refractivity contribution is -0.120. The molecule has 1 spiro atoms. The summed E-state index contributed by atoms with van der Waals surface area (Å²) in [5.41, 5.74) is 1.00. The van der Waals surface area contributed by atoms with Crippen molar-refractivity contribution in [3.05, 3.63) is 11.6 Å². The molecule has 0 radical (unpaired) electrons. The molecule has 3 N–H and O–H groups in total. The summed E-state index contributed by atoms with van der Waals surface area (Å²) in [6.07, 6.45) is 6.97. The molecule has 0 aromatic carbocycles. The third-order valence-electron chi connectivity index (χ3n) is 8.48. The summed E-state index contributed by atoms with van der Waals surface area (Å²) >= 11 is 0. The predicted molar refractivity (Wildman–Crippen MR) is 158 cm³/mol. The van der Waals surface area contributed by atoms with Crippen molar-refractivity contribution in [2.75, 3.05) is 33.4 Å². The lowest BCUT2D eigenvalue weighted by Gasteiger charge is -2.40. The van der Waals surface area contributed by atoms with Crippen LogP contribution in [0.5, 0.6) is 0 Å². The van der Waals surface area contributed by atoms with E-state index in [1.54, 1.807) is 7.11 Å². The van der Waals surface area contributed by atoms with Gasteiger partial charge in [-0.05, 0) is 51.9 Å². The van der Waals surface area contributed by atoms with Crippen molar-refractivity contribution in [3.63, 3.8) is 0 Å². The van der Waals surface area contributed by atoms with Crippen LogP contribution in [-0.4, -0.2) is 87.6 Å². The van der Waals surface area contributed by atoms with E-state index in [9.17, 15) is 14.4 Å². The minimum Gasteiger partial charge on any atom is -0.447 e. The van der Waals surface area contributed by atoms with Crippen LogP contribution in [0.2, 0.25) is 0 Å². The van der Waals surface area contributed by atoms with Crippen LogP contribution in [0.25, 0.3) is 0 Å². The number of methoxy groups -OCH3 is 1. The lowest BCUT2D eigenvalue weighted by atomic mass is 9.73. The van der Waals surface area contributed by atoms with E-state index in [0.29, 0.717) is 32.5 Å². The average molecular weight is 596 g/mol. The van der Waals surface area contributed by atoms with E-state index >= 15 is 0 Å². The first-order valence-corrected chi connectivity index (χ1v) is 15.7. The van der Waals surface area contributed by atoms with E-state index in [0.717, 1.165) is 38.5 Å². The van der Waals surface area contributed by atoms with Gasteiger partial charge in [-0.15, -0.1) is 0 Å². The number of epoxide rings is 2. The fraction of sp³-hybridized carbons (Fsp3) is 0.839. The Morgan fingerprint density at radius 1 is 1.05 bits per heavy atom. The van der Waals surface area contributed by atoms with Gasteiger partial charge in [-0.25, -0.2) is 9.59 Å². The second kappa shape index (κ2) is 16.5. The topological polar surface area (TPSA) is 140 Å². The molecule has 7 atom stereocenters. The summed E-state index contributed by atoms with van der Waals surface area (Å²) in [5, 5.41) is 8.51. The lowest BCUT2D eigenvalue weighted by Crippen LogP contribution is -2.54. The molecule has 11 heteroatoms. The molecule has 2 aliphatic heterocycles. The van der Waals surface area contributed by atoms with Crippen LogP contribution < -0.4 is 16.0 Å². The van der Waals surface area contributed by atoms with Crippen LogP contribution >= 0.6 is 0 Å². The van der Waals surface area contributed by atoms with Gasteiger partial charge in [0.05, 0.1) is 30.5 Å². The number of allylic oxidation sites excluding steroid dienone is 1. The Kier molecular flexibility index (Phi) is 13.4. The molecule has 0 aromatic heterocycles. The SMILES string of the molecule is CCC(=O)NCCCCCCNC(=O)OC[C@H](NC(=O)OC1CCC2(CO2)C(C2O[C@@H]2CC=C(C)C)C1OC)C(C)C. The molecule has 3 fully saturated rings. The Bertz CT molecular complexity index is 918. The fourth-order valence-electron chi connectivity index (χ4n) is 5.69. The fourth-order valence-corrected chi connectivity index (χ4v) is 5.69. The zero-order valence-corrected chi connectivity index (χ0v) is 26.4. The highest BCUT2D eigenvalue weighted by Crippen LogP contribution is 2.54. The highest BCUT2D eigenvalue weighted by molar-refractivity contribution is 5.75. The quantitative estimate of drug-likeness (QED) is 0.129. The third kappa shape index (κ3) is 10.4. The first-order valence-electron chi connectivity index (χ1n) is 15.7. The van der Waals surface area contributed by atoms with Crippen molar-refractivity contribution >= 4 is 18.1 Å². The van der Waals surface area contributed by atoms with E-state index in [1.165, 1.54) is 5.57 Å².